The zero-order chi connectivity index (χ0) is 11.1. The van der Waals surface area contributed by atoms with Gasteiger partial charge in [0.1, 0.15) is 11.6 Å². The highest BCUT2D eigenvalue weighted by molar-refractivity contribution is 5.63. The van der Waals surface area contributed by atoms with E-state index in [9.17, 15) is 0 Å². The number of hydrogen-bond acceptors (Lipinski definition) is 3. The first kappa shape index (κ1) is 9.39. The predicted molar refractivity (Wildman–Crippen MR) is 62.9 cm³/mol. The molecule has 1 aromatic carbocycles. The molecule has 0 fully saturated rings. The van der Waals surface area contributed by atoms with E-state index in [1.54, 1.807) is 0 Å². The minimum atomic E-state index is 0.381. The third-order valence-electron chi connectivity index (χ3n) is 2.93. The minimum Gasteiger partial charge on any atom is -0.380 e. The van der Waals surface area contributed by atoms with Gasteiger partial charge in [-0.3, -0.25) is 4.57 Å². The van der Waals surface area contributed by atoms with Crippen LogP contribution < -0.4 is 5.32 Å². The van der Waals surface area contributed by atoms with Crippen LogP contribution >= 0.6 is 0 Å². The first-order valence-electron chi connectivity index (χ1n) is 5.52. The summed E-state index contributed by atoms with van der Waals surface area (Å²) in [5, 5.41) is 11.9. The normalized spacial score (nSPS) is 18.2. The number of hydrogen-bond donors (Lipinski definition) is 1. The molecular formula is C12H14N4. The van der Waals surface area contributed by atoms with Crippen molar-refractivity contribution < 1.29 is 0 Å². The van der Waals surface area contributed by atoms with Gasteiger partial charge in [0, 0.05) is 12.5 Å². The summed E-state index contributed by atoms with van der Waals surface area (Å²) in [7, 11) is 0. The third kappa shape index (κ3) is 1.30. The minimum absolute atomic E-state index is 0.381. The lowest BCUT2D eigenvalue weighted by Crippen LogP contribution is -2.17. The van der Waals surface area contributed by atoms with Gasteiger partial charge in [0.15, 0.2) is 0 Å². The van der Waals surface area contributed by atoms with Crippen LogP contribution in [0.15, 0.2) is 24.3 Å². The molecule has 1 N–H and O–H groups in total. The zero-order valence-electron chi connectivity index (χ0n) is 9.44. The van der Waals surface area contributed by atoms with Gasteiger partial charge < -0.3 is 5.32 Å². The molecule has 1 aromatic heterocycles. The molecule has 0 bridgehead atoms. The van der Waals surface area contributed by atoms with Crippen molar-refractivity contribution in [1.29, 1.82) is 0 Å². The maximum atomic E-state index is 4.24. The summed E-state index contributed by atoms with van der Waals surface area (Å²) in [5.74, 6) is 1.97. The number of aromatic nitrogens is 3. The summed E-state index contributed by atoms with van der Waals surface area (Å²) in [5.41, 5.74) is 2.29. The number of anilines is 1. The van der Waals surface area contributed by atoms with Crippen LogP contribution in [0.4, 0.5) is 5.69 Å². The predicted octanol–water partition coefficient (Wildman–Crippen LogP) is 1.93. The van der Waals surface area contributed by atoms with Crippen LogP contribution in [0.3, 0.4) is 0 Å². The van der Waals surface area contributed by atoms with Crippen molar-refractivity contribution in [3.05, 3.63) is 35.9 Å². The highest BCUT2D eigenvalue weighted by Gasteiger charge is 2.20. The average Bonchev–Trinajstić information content (AvgIpc) is 2.55. The van der Waals surface area contributed by atoms with Gasteiger partial charge >= 0.3 is 0 Å². The summed E-state index contributed by atoms with van der Waals surface area (Å²) >= 11 is 0. The van der Waals surface area contributed by atoms with Crippen molar-refractivity contribution in [3.63, 3.8) is 0 Å². The van der Waals surface area contributed by atoms with Gasteiger partial charge in [0.25, 0.3) is 0 Å². The van der Waals surface area contributed by atoms with Crippen molar-refractivity contribution in [2.45, 2.75) is 26.3 Å². The van der Waals surface area contributed by atoms with Gasteiger partial charge in [-0.05, 0) is 26.0 Å². The highest BCUT2D eigenvalue weighted by Crippen LogP contribution is 2.26. The molecule has 1 unspecified atom stereocenters. The summed E-state index contributed by atoms with van der Waals surface area (Å²) < 4.78 is 2.13. The van der Waals surface area contributed by atoms with Crippen LogP contribution in [0, 0.1) is 6.92 Å². The Morgan fingerprint density at radius 3 is 3.00 bits per heavy atom. The standard InChI is InChI=1S/C12H14N4/c1-8-7-12-15-14-9(2)16(12)11-6-4-3-5-10(11)13-8/h3-6,8,13H,7H2,1-2H3. The topological polar surface area (TPSA) is 42.7 Å². The van der Waals surface area contributed by atoms with E-state index in [0.29, 0.717) is 6.04 Å². The molecule has 0 spiro atoms. The van der Waals surface area contributed by atoms with Crippen molar-refractivity contribution in [2.24, 2.45) is 0 Å². The van der Waals surface area contributed by atoms with Crippen LogP contribution in [0.2, 0.25) is 0 Å². The Morgan fingerprint density at radius 1 is 1.31 bits per heavy atom. The molecule has 0 amide bonds. The molecule has 0 saturated carbocycles. The van der Waals surface area contributed by atoms with E-state index in [4.69, 9.17) is 0 Å². The number of benzene rings is 1. The Kier molecular flexibility index (Phi) is 1.96. The van der Waals surface area contributed by atoms with E-state index in [1.165, 1.54) is 0 Å². The number of fused-ring (bicyclic) bond motifs is 3. The molecular weight excluding hydrogens is 200 g/mol. The van der Waals surface area contributed by atoms with E-state index >= 15 is 0 Å². The number of aryl methyl sites for hydroxylation is 1. The summed E-state index contributed by atoms with van der Waals surface area (Å²) in [4.78, 5) is 0. The van der Waals surface area contributed by atoms with E-state index in [0.717, 1.165) is 29.4 Å². The quantitative estimate of drug-likeness (QED) is 0.728. The lowest BCUT2D eigenvalue weighted by Gasteiger charge is -2.12. The second kappa shape index (κ2) is 3.33. The van der Waals surface area contributed by atoms with Gasteiger partial charge in [-0.25, -0.2) is 0 Å². The molecule has 1 aliphatic heterocycles. The lowest BCUT2D eigenvalue weighted by atomic mass is 10.2. The summed E-state index contributed by atoms with van der Waals surface area (Å²) in [6, 6.07) is 8.66. The Morgan fingerprint density at radius 2 is 2.12 bits per heavy atom. The average molecular weight is 214 g/mol. The Balaban J connectivity index is 2.29. The fraction of sp³-hybridized carbons (Fsp3) is 0.333. The number of rotatable bonds is 0. The Labute approximate surface area is 94.3 Å². The van der Waals surface area contributed by atoms with E-state index in [-0.39, 0.29) is 0 Å². The smallest absolute Gasteiger partial charge is 0.139 e. The van der Waals surface area contributed by atoms with E-state index in [1.807, 2.05) is 19.1 Å². The SMILES string of the molecule is Cc1nnc2n1-c1ccccc1NC(C)C2. The van der Waals surface area contributed by atoms with E-state index < -0.39 is 0 Å². The van der Waals surface area contributed by atoms with Crippen LogP contribution in [0.25, 0.3) is 5.69 Å². The molecule has 0 radical (unpaired) electrons. The fourth-order valence-corrected chi connectivity index (χ4v) is 2.23. The first-order chi connectivity index (χ1) is 7.75. The third-order valence-corrected chi connectivity index (χ3v) is 2.93. The van der Waals surface area contributed by atoms with Crippen molar-refractivity contribution in [1.82, 2.24) is 14.8 Å². The fourth-order valence-electron chi connectivity index (χ4n) is 2.23. The second-order valence-corrected chi connectivity index (χ2v) is 4.27. The maximum absolute atomic E-state index is 4.24. The molecule has 1 aliphatic rings. The molecule has 4 heteroatoms. The molecule has 1 atom stereocenters. The van der Waals surface area contributed by atoms with Crippen LogP contribution in [0.5, 0.6) is 0 Å². The van der Waals surface area contributed by atoms with Crippen LogP contribution in [-0.4, -0.2) is 20.8 Å². The molecule has 0 aliphatic carbocycles. The van der Waals surface area contributed by atoms with Gasteiger partial charge in [0.05, 0.1) is 11.4 Å². The lowest BCUT2D eigenvalue weighted by molar-refractivity contribution is 0.742. The largest absolute Gasteiger partial charge is 0.380 e. The second-order valence-electron chi connectivity index (χ2n) is 4.27. The Hall–Kier alpha value is -1.84. The van der Waals surface area contributed by atoms with Crippen LogP contribution in [-0.2, 0) is 6.42 Å². The van der Waals surface area contributed by atoms with Gasteiger partial charge in [0.2, 0.25) is 0 Å². The molecule has 2 aromatic rings. The zero-order valence-corrected chi connectivity index (χ0v) is 9.44. The first-order valence-corrected chi connectivity index (χ1v) is 5.52. The van der Waals surface area contributed by atoms with Crippen molar-refractivity contribution >= 4 is 5.69 Å². The summed E-state index contributed by atoms with van der Waals surface area (Å²) in [6.45, 7) is 4.15. The molecule has 4 nitrogen and oxygen atoms in total. The molecule has 0 saturated heterocycles. The molecule has 2 heterocycles. The maximum Gasteiger partial charge on any atom is 0.139 e. The van der Waals surface area contributed by atoms with Crippen LogP contribution in [0.1, 0.15) is 18.6 Å². The Bertz CT molecular complexity index is 530. The molecule has 82 valence electrons. The monoisotopic (exact) mass is 214 g/mol. The summed E-state index contributed by atoms with van der Waals surface area (Å²) in [6.07, 6.45) is 0.898. The van der Waals surface area contributed by atoms with Gasteiger partial charge in [-0.2, -0.15) is 0 Å². The van der Waals surface area contributed by atoms with Crippen molar-refractivity contribution in [2.75, 3.05) is 5.32 Å². The molecule has 3 rings (SSSR count). The van der Waals surface area contributed by atoms with E-state index in [2.05, 4.69) is 39.1 Å². The van der Waals surface area contributed by atoms with Gasteiger partial charge in [-0.1, -0.05) is 12.1 Å². The number of para-hydroxylation sites is 2. The number of nitrogens with zero attached hydrogens (tertiary/aromatic N) is 3. The van der Waals surface area contributed by atoms with Gasteiger partial charge in [-0.15, -0.1) is 10.2 Å². The van der Waals surface area contributed by atoms with Crippen molar-refractivity contribution in [3.8, 4) is 5.69 Å². The molecule has 16 heavy (non-hydrogen) atoms. The number of nitrogens with one attached hydrogen (secondary N) is 1. The highest BCUT2D eigenvalue weighted by atomic mass is 15.3.